The summed E-state index contributed by atoms with van der Waals surface area (Å²) in [5.41, 5.74) is 0. The van der Waals surface area contributed by atoms with E-state index >= 15 is 0 Å². The van der Waals surface area contributed by atoms with E-state index in [4.69, 9.17) is 9.84 Å². The van der Waals surface area contributed by atoms with Crippen LogP contribution in [0.4, 0.5) is 0 Å². The average molecular weight is 623 g/mol. The molecule has 0 spiro atoms. The normalized spacial score (nSPS) is 12.0. The smallest absolute Gasteiger partial charge is 0.306 e. The van der Waals surface area contributed by atoms with Crippen LogP contribution in [0.1, 0.15) is 239 Å². The first-order valence-corrected chi connectivity index (χ1v) is 20.0. The topological polar surface area (TPSA) is 63.6 Å². The van der Waals surface area contributed by atoms with Crippen molar-refractivity contribution in [2.45, 2.75) is 245 Å². The van der Waals surface area contributed by atoms with Crippen LogP contribution in [-0.2, 0) is 14.3 Å². The second kappa shape index (κ2) is 36.4. The molecule has 0 aliphatic rings. The van der Waals surface area contributed by atoms with Crippen LogP contribution in [0, 0.1) is 0 Å². The van der Waals surface area contributed by atoms with Crippen LogP contribution in [0.15, 0.2) is 0 Å². The monoisotopic (exact) mass is 623 g/mol. The summed E-state index contributed by atoms with van der Waals surface area (Å²) in [5, 5.41) is 8.95. The van der Waals surface area contributed by atoms with E-state index in [1.165, 1.54) is 167 Å². The molecule has 0 fully saturated rings. The van der Waals surface area contributed by atoms with Gasteiger partial charge in [-0.05, 0) is 38.5 Å². The molecular formula is C40H78O4. The average Bonchev–Trinajstić information content (AvgIpc) is 3.01. The highest BCUT2D eigenvalue weighted by atomic mass is 16.5. The largest absolute Gasteiger partial charge is 0.481 e. The highest BCUT2D eigenvalue weighted by Gasteiger charge is 2.14. The molecule has 0 aromatic carbocycles. The van der Waals surface area contributed by atoms with Crippen LogP contribution < -0.4 is 0 Å². The summed E-state index contributed by atoms with van der Waals surface area (Å²) in [6.45, 7) is 4.56. The van der Waals surface area contributed by atoms with Crippen molar-refractivity contribution in [2.75, 3.05) is 0 Å². The predicted octanol–water partition coefficient (Wildman–Crippen LogP) is 13.7. The quantitative estimate of drug-likeness (QED) is 0.0553. The number of esters is 1. The van der Waals surface area contributed by atoms with Crippen molar-refractivity contribution in [3.63, 3.8) is 0 Å². The number of rotatable bonds is 37. The summed E-state index contributed by atoms with van der Waals surface area (Å²) in [6.07, 6.45) is 42.6. The molecule has 0 saturated carbocycles. The van der Waals surface area contributed by atoms with Gasteiger partial charge in [-0.3, -0.25) is 9.59 Å². The van der Waals surface area contributed by atoms with Crippen LogP contribution in [0.2, 0.25) is 0 Å². The van der Waals surface area contributed by atoms with Gasteiger partial charge in [0.1, 0.15) is 6.10 Å². The Morgan fingerprint density at radius 1 is 0.409 bits per heavy atom. The van der Waals surface area contributed by atoms with Gasteiger partial charge in [0.05, 0.1) is 0 Å². The van der Waals surface area contributed by atoms with Crippen molar-refractivity contribution in [1.82, 2.24) is 0 Å². The lowest BCUT2D eigenvalue weighted by Gasteiger charge is -2.18. The molecule has 4 heteroatoms. The number of aliphatic carboxylic acids is 1. The molecule has 1 N–H and O–H groups in total. The van der Waals surface area contributed by atoms with Gasteiger partial charge in [0.25, 0.3) is 0 Å². The molecular weight excluding hydrogens is 544 g/mol. The molecule has 1 unspecified atom stereocenters. The van der Waals surface area contributed by atoms with Crippen LogP contribution in [0.3, 0.4) is 0 Å². The highest BCUT2D eigenvalue weighted by Crippen LogP contribution is 2.19. The summed E-state index contributed by atoms with van der Waals surface area (Å²) in [4.78, 5) is 23.4. The van der Waals surface area contributed by atoms with Gasteiger partial charge in [-0.25, -0.2) is 0 Å². The zero-order valence-corrected chi connectivity index (χ0v) is 30.0. The standard InChI is InChI=1S/C40H78O4/c1-3-5-7-9-11-13-15-17-18-19-21-22-24-26-28-30-34-38(35-32-33-36-39(41)42)44-40(43)37-31-29-27-25-23-20-16-14-12-10-8-6-4-2/h38H,3-37H2,1-2H3,(H,41,42). The highest BCUT2D eigenvalue weighted by molar-refractivity contribution is 5.69. The lowest BCUT2D eigenvalue weighted by molar-refractivity contribution is -0.150. The Balaban J connectivity index is 3.83. The van der Waals surface area contributed by atoms with Gasteiger partial charge in [-0.15, -0.1) is 0 Å². The molecule has 0 amide bonds. The Kier molecular flexibility index (Phi) is 35.5. The fourth-order valence-corrected chi connectivity index (χ4v) is 6.36. The van der Waals surface area contributed by atoms with Crippen LogP contribution in [-0.4, -0.2) is 23.1 Å². The zero-order chi connectivity index (χ0) is 32.2. The van der Waals surface area contributed by atoms with E-state index in [0.29, 0.717) is 12.8 Å². The Bertz CT molecular complexity index is 590. The summed E-state index contributed by atoms with van der Waals surface area (Å²) in [6, 6.07) is 0. The maximum absolute atomic E-state index is 12.6. The molecule has 0 aromatic heterocycles. The predicted molar refractivity (Wildman–Crippen MR) is 190 cm³/mol. The number of unbranched alkanes of at least 4 members (excludes halogenated alkanes) is 28. The Labute approximate surface area is 275 Å². The number of hydrogen-bond donors (Lipinski definition) is 1. The van der Waals surface area contributed by atoms with Crippen molar-refractivity contribution in [3.8, 4) is 0 Å². The van der Waals surface area contributed by atoms with Gasteiger partial charge >= 0.3 is 11.9 Å². The van der Waals surface area contributed by atoms with Gasteiger partial charge in [-0.1, -0.05) is 187 Å². The van der Waals surface area contributed by atoms with Gasteiger partial charge in [-0.2, -0.15) is 0 Å². The molecule has 4 nitrogen and oxygen atoms in total. The van der Waals surface area contributed by atoms with Crippen LogP contribution in [0.25, 0.3) is 0 Å². The molecule has 0 rings (SSSR count). The molecule has 0 aliphatic carbocycles. The number of hydrogen-bond acceptors (Lipinski definition) is 3. The second-order valence-corrected chi connectivity index (χ2v) is 13.8. The zero-order valence-electron chi connectivity index (χ0n) is 30.0. The Morgan fingerprint density at radius 3 is 1.02 bits per heavy atom. The second-order valence-electron chi connectivity index (χ2n) is 13.8. The van der Waals surface area contributed by atoms with E-state index in [0.717, 1.165) is 38.5 Å². The molecule has 0 bridgehead atoms. The third-order valence-electron chi connectivity index (χ3n) is 9.33. The number of carboxylic acid groups (broad SMARTS) is 1. The first kappa shape index (κ1) is 42.9. The first-order chi connectivity index (χ1) is 21.6. The van der Waals surface area contributed by atoms with Crippen LogP contribution >= 0.6 is 0 Å². The minimum atomic E-state index is -0.737. The third-order valence-corrected chi connectivity index (χ3v) is 9.33. The molecule has 0 radical (unpaired) electrons. The minimum absolute atomic E-state index is 0.0371. The van der Waals surface area contributed by atoms with Crippen LogP contribution in [0.5, 0.6) is 0 Å². The number of ether oxygens (including phenoxy) is 1. The minimum Gasteiger partial charge on any atom is -0.481 e. The Hall–Kier alpha value is -1.06. The molecule has 262 valence electrons. The van der Waals surface area contributed by atoms with Crippen molar-refractivity contribution >= 4 is 11.9 Å². The molecule has 1 atom stereocenters. The van der Waals surface area contributed by atoms with E-state index < -0.39 is 5.97 Å². The Morgan fingerprint density at radius 2 is 0.682 bits per heavy atom. The molecule has 0 aromatic rings. The van der Waals surface area contributed by atoms with E-state index in [1.54, 1.807) is 0 Å². The summed E-state index contributed by atoms with van der Waals surface area (Å²) in [7, 11) is 0. The lowest BCUT2D eigenvalue weighted by Crippen LogP contribution is -2.18. The maximum Gasteiger partial charge on any atom is 0.306 e. The van der Waals surface area contributed by atoms with Crippen molar-refractivity contribution < 1.29 is 19.4 Å². The number of carboxylic acids is 1. The fraction of sp³-hybridized carbons (Fsp3) is 0.950. The number of carbonyl (C=O) groups is 2. The summed E-state index contributed by atoms with van der Waals surface area (Å²) in [5.74, 6) is -0.786. The molecule has 0 heterocycles. The van der Waals surface area contributed by atoms with Crippen molar-refractivity contribution in [3.05, 3.63) is 0 Å². The van der Waals surface area contributed by atoms with Gasteiger partial charge < -0.3 is 9.84 Å². The summed E-state index contributed by atoms with van der Waals surface area (Å²) >= 11 is 0. The van der Waals surface area contributed by atoms with Gasteiger partial charge in [0.15, 0.2) is 0 Å². The van der Waals surface area contributed by atoms with Gasteiger partial charge in [0.2, 0.25) is 0 Å². The SMILES string of the molecule is CCCCCCCCCCCCCCCCCCC(CCCCC(=O)O)OC(=O)CCCCCCCCCCCCCCC. The summed E-state index contributed by atoms with van der Waals surface area (Å²) < 4.78 is 5.90. The van der Waals surface area contributed by atoms with E-state index in [9.17, 15) is 9.59 Å². The van der Waals surface area contributed by atoms with E-state index in [1.807, 2.05) is 0 Å². The first-order valence-electron chi connectivity index (χ1n) is 20.0. The van der Waals surface area contributed by atoms with Gasteiger partial charge in [0, 0.05) is 12.8 Å². The van der Waals surface area contributed by atoms with Crippen molar-refractivity contribution in [1.29, 1.82) is 0 Å². The van der Waals surface area contributed by atoms with E-state index in [2.05, 4.69) is 13.8 Å². The third kappa shape index (κ3) is 35.4. The molecule has 0 saturated heterocycles. The molecule has 0 aliphatic heterocycles. The van der Waals surface area contributed by atoms with Crippen molar-refractivity contribution in [2.24, 2.45) is 0 Å². The fourth-order valence-electron chi connectivity index (χ4n) is 6.36. The lowest BCUT2D eigenvalue weighted by atomic mass is 10.0. The van der Waals surface area contributed by atoms with E-state index in [-0.39, 0.29) is 18.5 Å². The number of carbonyl (C=O) groups excluding carboxylic acids is 1. The molecule has 44 heavy (non-hydrogen) atoms. The maximum atomic E-state index is 12.6.